The molecule has 0 amide bonds. The summed E-state index contributed by atoms with van der Waals surface area (Å²) in [5.41, 5.74) is 2.90. The molecular weight excluding hydrogens is 347 g/mol. The SMILES string of the molecule is COc1cc2nc(-c3cccc(-c4ccccc4)c3C(=O)O)[nH]c2cc1F. The van der Waals surface area contributed by atoms with Gasteiger partial charge in [-0.25, -0.2) is 14.2 Å². The Morgan fingerprint density at radius 1 is 1.07 bits per heavy atom. The van der Waals surface area contributed by atoms with E-state index in [1.165, 1.54) is 19.2 Å². The van der Waals surface area contributed by atoms with E-state index in [1.807, 2.05) is 30.3 Å². The van der Waals surface area contributed by atoms with E-state index in [-0.39, 0.29) is 11.3 Å². The molecule has 6 heteroatoms. The number of carboxylic acids is 1. The van der Waals surface area contributed by atoms with Crippen molar-refractivity contribution < 1.29 is 19.0 Å². The number of H-pyrrole nitrogens is 1. The first kappa shape index (κ1) is 16.8. The highest BCUT2D eigenvalue weighted by atomic mass is 19.1. The minimum absolute atomic E-state index is 0.0806. The second-order valence-corrected chi connectivity index (χ2v) is 5.99. The van der Waals surface area contributed by atoms with Gasteiger partial charge in [-0.3, -0.25) is 0 Å². The zero-order chi connectivity index (χ0) is 19.0. The van der Waals surface area contributed by atoms with Crippen molar-refractivity contribution in [3.05, 3.63) is 72.0 Å². The summed E-state index contributed by atoms with van der Waals surface area (Å²) in [5, 5.41) is 9.85. The molecule has 1 aromatic heterocycles. The summed E-state index contributed by atoms with van der Waals surface area (Å²) < 4.78 is 18.9. The maximum absolute atomic E-state index is 14.0. The molecule has 0 saturated heterocycles. The van der Waals surface area contributed by atoms with Crippen molar-refractivity contribution in [3.63, 3.8) is 0 Å². The number of aromatic amines is 1. The molecule has 5 nitrogen and oxygen atoms in total. The Morgan fingerprint density at radius 2 is 1.81 bits per heavy atom. The van der Waals surface area contributed by atoms with E-state index in [1.54, 1.807) is 18.2 Å². The summed E-state index contributed by atoms with van der Waals surface area (Å²) >= 11 is 0. The minimum Gasteiger partial charge on any atom is -0.494 e. The molecule has 0 aliphatic heterocycles. The molecule has 0 aliphatic carbocycles. The molecule has 0 aliphatic rings. The zero-order valence-electron chi connectivity index (χ0n) is 14.4. The van der Waals surface area contributed by atoms with Gasteiger partial charge in [-0.2, -0.15) is 0 Å². The van der Waals surface area contributed by atoms with Crippen LogP contribution in [-0.4, -0.2) is 28.2 Å². The van der Waals surface area contributed by atoms with Gasteiger partial charge in [0.25, 0.3) is 0 Å². The number of methoxy groups -OCH3 is 1. The molecule has 0 saturated carbocycles. The van der Waals surface area contributed by atoms with Crippen molar-refractivity contribution >= 4 is 17.0 Å². The fourth-order valence-corrected chi connectivity index (χ4v) is 3.13. The second-order valence-electron chi connectivity index (χ2n) is 5.99. The molecule has 134 valence electrons. The predicted molar refractivity (Wildman–Crippen MR) is 100 cm³/mol. The number of fused-ring (bicyclic) bond motifs is 1. The summed E-state index contributed by atoms with van der Waals surface area (Å²) in [7, 11) is 1.38. The molecule has 3 aromatic carbocycles. The van der Waals surface area contributed by atoms with Gasteiger partial charge in [-0.05, 0) is 11.1 Å². The van der Waals surface area contributed by atoms with Gasteiger partial charge in [-0.1, -0.05) is 48.5 Å². The number of ether oxygens (including phenoxy) is 1. The third-order valence-corrected chi connectivity index (χ3v) is 4.37. The monoisotopic (exact) mass is 362 g/mol. The number of benzene rings is 3. The zero-order valence-corrected chi connectivity index (χ0v) is 14.4. The van der Waals surface area contributed by atoms with Gasteiger partial charge in [0.2, 0.25) is 0 Å². The van der Waals surface area contributed by atoms with Crippen LogP contribution in [0.2, 0.25) is 0 Å². The largest absolute Gasteiger partial charge is 0.494 e. The van der Waals surface area contributed by atoms with E-state index in [4.69, 9.17) is 4.74 Å². The topological polar surface area (TPSA) is 75.2 Å². The maximum Gasteiger partial charge on any atom is 0.337 e. The highest BCUT2D eigenvalue weighted by Gasteiger charge is 2.20. The van der Waals surface area contributed by atoms with E-state index >= 15 is 0 Å². The summed E-state index contributed by atoms with van der Waals surface area (Å²) in [6.45, 7) is 0. The van der Waals surface area contributed by atoms with Gasteiger partial charge in [0, 0.05) is 17.7 Å². The van der Waals surface area contributed by atoms with Gasteiger partial charge in [-0.15, -0.1) is 0 Å². The average molecular weight is 362 g/mol. The van der Waals surface area contributed by atoms with Crippen LogP contribution in [0.4, 0.5) is 4.39 Å². The van der Waals surface area contributed by atoms with Crippen LogP contribution in [-0.2, 0) is 0 Å². The molecule has 4 rings (SSSR count). The number of nitrogens with zero attached hydrogens (tertiary/aromatic N) is 1. The lowest BCUT2D eigenvalue weighted by atomic mass is 9.95. The standard InChI is InChI=1S/C21H15FN2O3/c1-27-18-11-17-16(10-15(18)22)23-20(24-17)14-9-5-8-13(19(14)21(25)26)12-6-3-2-4-7-12/h2-11H,1H3,(H,23,24)(H,25,26). The Kier molecular flexibility index (Phi) is 4.08. The van der Waals surface area contributed by atoms with Gasteiger partial charge >= 0.3 is 5.97 Å². The number of rotatable bonds is 4. The first-order chi connectivity index (χ1) is 13.1. The molecule has 0 spiro atoms. The van der Waals surface area contributed by atoms with Gasteiger partial charge in [0.05, 0.1) is 23.7 Å². The first-order valence-corrected chi connectivity index (χ1v) is 8.24. The Balaban J connectivity index is 1.94. The molecule has 1 heterocycles. The third-order valence-electron chi connectivity index (χ3n) is 4.37. The Hall–Kier alpha value is -3.67. The van der Waals surface area contributed by atoms with Crippen LogP contribution in [0.15, 0.2) is 60.7 Å². The Morgan fingerprint density at radius 3 is 2.52 bits per heavy atom. The number of hydrogen-bond donors (Lipinski definition) is 2. The van der Waals surface area contributed by atoms with Crippen molar-refractivity contribution in [2.75, 3.05) is 7.11 Å². The number of carbonyl (C=O) groups is 1. The normalized spacial score (nSPS) is 10.9. The first-order valence-electron chi connectivity index (χ1n) is 8.24. The lowest BCUT2D eigenvalue weighted by molar-refractivity contribution is 0.0698. The van der Waals surface area contributed by atoms with E-state index in [0.717, 1.165) is 5.56 Å². The smallest absolute Gasteiger partial charge is 0.337 e. The van der Waals surface area contributed by atoms with Crippen molar-refractivity contribution in [1.29, 1.82) is 0 Å². The number of halogens is 1. The van der Waals surface area contributed by atoms with Crippen molar-refractivity contribution in [3.8, 4) is 28.3 Å². The minimum atomic E-state index is -1.06. The molecule has 0 unspecified atom stereocenters. The molecule has 4 aromatic rings. The van der Waals surface area contributed by atoms with Crippen molar-refractivity contribution in [2.45, 2.75) is 0 Å². The van der Waals surface area contributed by atoms with E-state index in [0.29, 0.717) is 28.0 Å². The number of aromatic nitrogens is 2. The number of imidazole rings is 1. The molecule has 0 radical (unpaired) electrons. The molecule has 0 fully saturated rings. The maximum atomic E-state index is 14.0. The molecule has 0 atom stereocenters. The van der Waals surface area contributed by atoms with E-state index < -0.39 is 11.8 Å². The molecule has 0 bridgehead atoms. The predicted octanol–water partition coefficient (Wildman–Crippen LogP) is 4.74. The third kappa shape index (κ3) is 2.91. The molecular formula is C21H15FN2O3. The lowest BCUT2D eigenvalue weighted by Crippen LogP contribution is -2.03. The van der Waals surface area contributed by atoms with Crippen LogP contribution in [0.1, 0.15) is 10.4 Å². The van der Waals surface area contributed by atoms with Crippen molar-refractivity contribution in [1.82, 2.24) is 9.97 Å². The molecule has 2 N–H and O–H groups in total. The van der Waals surface area contributed by atoms with E-state index in [9.17, 15) is 14.3 Å². The van der Waals surface area contributed by atoms with Crippen LogP contribution in [0.3, 0.4) is 0 Å². The quantitative estimate of drug-likeness (QED) is 0.550. The fraction of sp³-hybridized carbons (Fsp3) is 0.0476. The van der Waals surface area contributed by atoms with Crippen LogP contribution in [0, 0.1) is 5.82 Å². The summed E-state index contributed by atoms with van der Waals surface area (Å²) in [6, 6.07) is 17.3. The Bertz CT molecular complexity index is 1150. The van der Waals surface area contributed by atoms with Gasteiger partial charge in [0.1, 0.15) is 5.82 Å². The number of hydrogen-bond acceptors (Lipinski definition) is 3. The number of carboxylic acid groups (broad SMARTS) is 1. The van der Waals surface area contributed by atoms with Crippen LogP contribution < -0.4 is 4.74 Å². The fourth-order valence-electron chi connectivity index (χ4n) is 3.13. The number of nitrogens with one attached hydrogen (secondary N) is 1. The lowest BCUT2D eigenvalue weighted by Gasteiger charge is -2.10. The number of aromatic carboxylic acids is 1. The summed E-state index contributed by atoms with van der Waals surface area (Å²) in [6.07, 6.45) is 0. The van der Waals surface area contributed by atoms with Crippen molar-refractivity contribution in [2.24, 2.45) is 0 Å². The highest BCUT2D eigenvalue weighted by molar-refractivity contribution is 6.03. The summed E-state index contributed by atoms with van der Waals surface area (Å²) in [5.74, 6) is -1.14. The highest BCUT2D eigenvalue weighted by Crippen LogP contribution is 2.33. The van der Waals surface area contributed by atoms with Crippen LogP contribution >= 0.6 is 0 Å². The van der Waals surface area contributed by atoms with Crippen LogP contribution in [0.25, 0.3) is 33.5 Å². The van der Waals surface area contributed by atoms with Gasteiger partial charge < -0.3 is 14.8 Å². The van der Waals surface area contributed by atoms with Crippen LogP contribution in [0.5, 0.6) is 5.75 Å². The summed E-state index contributed by atoms with van der Waals surface area (Å²) in [4.78, 5) is 19.5. The average Bonchev–Trinajstić information content (AvgIpc) is 3.09. The second kappa shape index (κ2) is 6.57. The molecule has 27 heavy (non-hydrogen) atoms. The Labute approximate surface area is 154 Å². The van der Waals surface area contributed by atoms with Gasteiger partial charge in [0.15, 0.2) is 11.6 Å². The van der Waals surface area contributed by atoms with E-state index in [2.05, 4.69) is 9.97 Å².